The maximum absolute atomic E-state index is 2.38. The van der Waals surface area contributed by atoms with E-state index in [4.69, 9.17) is 0 Å². The van der Waals surface area contributed by atoms with Gasteiger partial charge in [0.15, 0.2) is 0 Å². The van der Waals surface area contributed by atoms with Crippen LogP contribution in [-0.2, 0) is 0 Å². The summed E-state index contributed by atoms with van der Waals surface area (Å²) in [5.74, 6) is 0. The van der Waals surface area contributed by atoms with Crippen molar-refractivity contribution in [3.63, 3.8) is 0 Å². The summed E-state index contributed by atoms with van der Waals surface area (Å²) in [5.41, 5.74) is 11.9. The molecule has 0 aliphatic heterocycles. The third kappa shape index (κ3) is 11.5. The van der Waals surface area contributed by atoms with Gasteiger partial charge in [-0.3, -0.25) is 0 Å². The zero-order valence-corrected chi connectivity index (χ0v) is 27.5. The van der Waals surface area contributed by atoms with Crippen LogP contribution in [0.2, 0.25) is 0 Å². The van der Waals surface area contributed by atoms with Gasteiger partial charge < -0.3 is 0 Å². The van der Waals surface area contributed by atoms with Gasteiger partial charge in [0.2, 0.25) is 0 Å². The van der Waals surface area contributed by atoms with Crippen molar-refractivity contribution >= 4 is 0 Å². The molecule has 0 spiro atoms. The minimum absolute atomic E-state index is 0.295. The first-order valence-corrected chi connectivity index (χ1v) is 15.5. The summed E-state index contributed by atoms with van der Waals surface area (Å²) in [6, 6.07) is 0. The lowest BCUT2D eigenvalue weighted by atomic mass is 9.72. The third-order valence-electron chi connectivity index (χ3n) is 8.50. The summed E-state index contributed by atoms with van der Waals surface area (Å²) < 4.78 is 0. The fraction of sp³-hybridized carbons (Fsp3) is 0.475. The molecule has 2 aliphatic rings. The van der Waals surface area contributed by atoms with Crippen LogP contribution < -0.4 is 0 Å². The third-order valence-corrected chi connectivity index (χ3v) is 8.50. The van der Waals surface area contributed by atoms with Gasteiger partial charge in [0.25, 0.3) is 0 Å². The van der Waals surface area contributed by atoms with Crippen LogP contribution in [0.15, 0.2) is 117 Å². The molecule has 0 aromatic heterocycles. The minimum Gasteiger partial charge on any atom is -0.0810 e. The van der Waals surface area contributed by atoms with E-state index in [9.17, 15) is 0 Å². The Bertz CT molecular complexity index is 1070. The van der Waals surface area contributed by atoms with Crippen molar-refractivity contribution in [2.75, 3.05) is 0 Å². The summed E-state index contributed by atoms with van der Waals surface area (Å²) in [6.45, 7) is 22.8. The van der Waals surface area contributed by atoms with Crippen LogP contribution in [0.25, 0.3) is 0 Å². The van der Waals surface area contributed by atoms with Crippen molar-refractivity contribution in [2.45, 2.75) is 114 Å². The van der Waals surface area contributed by atoms with Crippen LogP contribution >= 0.6 is 0 Å². The highest BCUT2D eigenvalue weighted by Crippen LogP contribution is 2.41. The summed E-state index contributed by atoms with van der Waals surface area (Å²) in [6.07, 6.45) is 37.7. The fourth-order valence-corrected chi connectivity index (χ4v) is 5.90. The Kier molecular flexibility index (Phi) is 13.4. The smallest absolute Gasteiger partial charge is 0.0104 e. The molecule has 40 heavy (non-hydrogen) atoms. The van der Waals surface area contributed by atoms with Gasteiger partial charge in [0.1, 0.15) is 0 Å². The molecule has 2 rings (SSSR count). The Morgan fingerprint density at radius 1 is 0.600 bits per heavy atom. The second-order valence-corrected chi connectivity index (χ2v) is 13.4. The first kappa shape index (κ1) is 33.6. The monoisotopic (exact) mass is 537 g/mol. The zero-order chi connectivity index (χ0) is 29.8. The minimum atomic E-state index is 0.295. The molecule has 0 heteroatoms. The van der Waals surface area contributed by atoms with Gasteiger partial charge in [-0.2, -0.15) is 0 Å². The van der Waals surface area contributed by atoms with Crippen molar-refractivity contribution in [1.29, 1.82) is 0 Å². The molecule has 1 radical (unpaired) electrons. The largest absolute Gasteiger partial charge is 0.0810 e. The Labute approximate surface area is 248 Å². The predicted octanol–water partition coefficient (Wildman–Crippen LogP) is 12.6. The molecule has 0 aromatic rings. The highest BCUT2D eigenvalue weighted by Gasteiger charge is 2.27. The fourth-order valence-electron chi connectivity index (χ4n) is 5.90. The van der Waals surface area contributed by atoms with Crippen molar-refractivity contribution < 1.29 is 0 Å². The van der Waals surface area contributed by atoms with Crippen LogP contribution in [-0.4, -0.2) is 0 Å². The summed E-state index contributed by atoms with van der Waals surface area (Å²) in [5, 5.41) is 0. The van der Waals surface area contributed by atoms with E-state index in [2.05, 4.69) is 149 Å². The van der Waals surface area contributed by atoms with Crippen molar-refractivity contribution in [1.82, 2.24) is 0 Å². The topological polar surface area (TPSA) is 0 Å². The Balaban J connectivity index is 1.82. The molecule has 0 heterocycles. The van der Waals surface area contributed by atoms with Crippen LogP contribution in [0.3, 0.4) is 0 Å². The lowest BCUT2D eigenvalue weighted by molar-refractivity contribution is 0.376. The molecule has 0 saturated heterocycles. The Morgan fingerprint density at radius 3 is 1.48 bits per heavy atom. The molecule has 0 atom stereocenters. The van der Waals surface area contributed by atoms with E-state index in [-0.39, 0.29) is 0 Å². The van der Waals surface area contributed by atoms with Crippen LogP contribution in [0.1, 0.15) is 114 Å². The second kappa shape index (κ2) is 16.0. The van der Waals surface area contributed by atoms with Crippen molar-refractivity contribution in [2.24, 2.45) is 10.8 Å². The van der Waals surface area contributed by atoms with E-state index in [0.29, 0.717) is 10.8 Å². The van der Waals surface area contributed by atoms with E-state index in [1.807, 2.05) is 0 Å². The molecule has 0 N–H and O–H groups in total. The van der Waals surface area contributed by atoms with Crippen molar-refractivity contribution in [3.05, 3.63) is 124 Å². The predicted molar refractivity (Wildman–Crippen MR) is 181 cm³/mol. The van der Waals surface area contributed by atoms with Gasteiger partial charge in [-0.1, -0.05) is 134 Å². The average Bonchev–Trinajstić information content (AvgIpc) is 2.85. The normalized spacial score (nSPS) is 21.8. The molecule has 0 bridgehead atoms. The SMILES string of the molecule is CC(C=CC=C(C)C=CC1=C(C)CCCC1(C)C)=C[CH]CC=C(C)C=CC=C(C)C=CC1=C(C)CCCC1(C)C. The van der Waals surface area contributed by atoms with E-state index in [1.54, 1.807) is 11.1 Å². The lowest BCUT2D eigenvalue weighted by Crippen LogP contribution is -2.19. The summed E-state index contributed by atoms with van der Waals surface area (Å²) in [4.78, 5) is 0. The lowest BCUT2D eigenvalue weighted by Gasteiger charge is -2.33. The average molecular weight is 538 g/mol. The number of allylic oxidation sites excluding steroid dienone is 20. The van der Waals surface area contributed by atoms with Crippen LogP contribution in [0, 0.1) is 17.3 Å². The molecule has 0 amide bonds. The van der Waals surface area contributed by atoms with Gasteiger partial charge in [0, 0.05) is 0 Å². The van der Waals surface area contributed by atoms with E-state index in [1.165, 1.54) is 72.0 Å². The number of rotatable bonds is 11. The Morgan fingerprint density at radius 2 is 1.02 bits per heavy atom. The van der Waals surface area contributed by atoms with Gasteiger partial charge in [0.05, 0.1) is 0 Å². The standard InChI is InChI=1S/C40H57/c1-31(19-13-21-33(3)25-27-37-35(5)23-15-29-39(37,7)8)17-11-12-18-32(2)20-14-22-34(4)26-28-38-36(6)24-16-30-40(38,9)10/h11,13-14,17-22,25-28H,12,15-16,23-24,29-30H2,1-10H3. The van der Waals surface area contributed by atoms with Gasteiger partial charge in [-0.25, -0.2) is 0 Å². The van der Waals surface area contributed by atoms with Crippen LogP contribution in [0.4, 0.5) is 0 Å². The molecule has 0 aromatic carbocycles. The quantitative estimate of drug-likeness (QED) is 0.182. The molecule has 0 nitrogen and oxygen atoms in total. The molecule has 0 unspecified atom stereocenters. The van der Waals surface area contributed by atoms with E-state index >= 15 is 0 Å². The van der Waals surface area contributed by atoms with Gasteiger partial charge >= 0.3 is 0 Å². The highest BCUT2D eigenvalue weighted by molar-refractivity contribution is 5.38. The maximum Gasteiger partial charge on any atom is -0.0104 e. The number of hydrogen-bond donors (Lipinski definition) is 0. The van der Waals surface area contributed by atoms with Gasteiger partial charge in [-0.15, -0.1) is 0 Å². The van der Waals surface area contributed by atoms with E-state index < -0.39 is 0 Å². The maximum atomic E-state index is 2.38. The zero-order valence-electron chi connectivity index (χ0n) is 27.5. The molecular formula is C40H57. The highest BCUT2D eigenvalue weighted by atomic mass is 14.3. The summed E-state index contributed by atoms with van der Waals surface area (Å²) in [7, 11) is 0. The molecule has 2 aliphatic carbocycles. The second-order valence-electron chi connectivity index (χ2n) is 13.4. The van der Waals surface area contributed by atoms with Crippen molar-refractivity contribution in [3.8, 4) is 0 Å². The Hall–Kier alpha value is -2.60. The van der Waals surface area contributed by atoms with Gasteiger partial charge in [-0.05, 0) is 115 Å². The molecular weight excluding hydrogens is 480 g/mol. The van der Waals surface area contributed by atoms with E-state index in [0.717, 1.165) is 6.42 Å². The summed E-state index contributed by atoms with van der Waals surface area (Å²) >= 11 is 0. The molecule has 217 valence electrons. The number of unbranched alkanes of at least 4 members (excludes halogenated alkanes) is 1. The molecule has 0 fully saturated rings. The first-order valence-electron chi connectivity index (χ1n) is 15.5. The number of hydrogen-bond acceptors (Lipinski definition) is 0. The van der Waals surface area contributed by atoms with Crippen LogP contribution in [0.5, 0.6) is 0 Å². The molecule has 0 saturated carbocycles. The first-order chi connectivity index (χ1) is 18.8.